The minimum absolute atomic E-state index is 0. The number of aromatic nitrogens is 2. The summed E-state index contributed by atoms with van der Waals surface area (Å²) in [7, 11) is 0. The van der Waals surface area contributed by atoms with Crippen LogP contribution in [0.5, 0.6) is 0 Å². The van der Waals surface area contributed by atoms with Gasteiger partial charge in [0.2, 0.25) is 0 Å². The lowest BCUT2D eigenvalue weighted by atomic mass is 9.96. The second-order valence-electron chi connectivity index (χ2n) is 6.05. The Balaban J connectivity index is 0.00000208. The van der Waals surface area contributed by atoms with Crippen molar-refractivity contribution in [3.8, 4) is 5.69 Å². The maximum atomic E-state index is 12.8. The maximum absolute atomic E-state index is 12.8. The van der Waals surface area contributed by atoms with Crippen LogP contribution in [0.3, 0.4) is 0 Å². The lowest BCUT2D eigenvalue weighted by Gasteiger charge is -2.37. The summed E-state index contributed by atoms with van der Waals surface area (Å²) in [6.07, 6.45) is 4.94. The summed E-state index contributed by atoms with van der Waals surface area (Å²) in [6, 6.07) is 9.68. The first-order valence-electron chi connectivity index (χ1n) is 7.94. The summed E-state index contributed by atoms with van der Waals surface area (Å²) in [6.45, 7) is 2.73. The second kappa shape index (κ2) is 8.14. The van der Waals surface area contributed by atoms with Crippen LogP contribution >= 0.6 is 28.3 Å². The largest absolute Gasteiger partial charge is 0.333 e. The molecule has 2 heterocycles. The minimum Gasteiger partial charge on any atom is -0.333 e. The van der Waals surface area contributed by atoms with Gasteiger partial charge in [0.05, 0.1) is 5.69 Å². The number of hydrogen-bond donors (Lipinski definition) is 1. The number of nitrogens with two attached hydrogens (primary N) is 1. The zero-order chi connectivity index (χ0) is 16.4. The van der Waals surface area contributed by atoms with Gasteiger partial charge in [-0.05, 0) is 50.5 Å². The Morgan fingerprint density at radius 2 is 2.17 bits per heavy atom. The number of benzene rings is 1. The highest BCUT2D eigenvalue weighted by Gasteiger charge is 2.30. The molecule has 2 atom stereocenters. The maximum Gasteiger partial charge on any atom is 0.274 e. The van der Waals surface area contributed by atoms with E-state index in [1.54, 1.807) is 10.7 Å². The van der Waals surface area contributed by atoms with Gasteiger partial charge in [0.1, 0.15) is 0 Å². The number of hydrogen-bond acceptors (Lipinski definition) is 3. The molecule has 24 heavy (non-hydrogen) atoms. The van der Waals surface area contributed by atoms with E-state index >= 15 is 0 Å². The fourth-order valence-electron chi connectivity index (χ4n) is 3.10. The molecule has 1 aromatic carbocycles. The van der Waals surface area contributed by atoms with Crippen LogP contribution in [0.2, 0.25) is 0 Å². The summed E-state index contributed by atoms with van der Waals surface area (Å²) in [5.41, 5.74) is 7.45. The Morgan fingerprint density at radius 1 is 1.38 bits per heavy atom. The Kier molecular flexibility index (Phi) is 6.43. The molecule has 0 spiro atoms. The highest BCUT2D eigenvalue weighted by Crippen LogP contribution is 2.21. The molecule has 0 saturated carbocycles. The fraction of sp³-hybridized carbons (Fsp3) is 0.412. The third-order valence-electron chi connectivity index (χ3n) is 4.30. The Labute approximate surface area is 156 Å². The highest BCUT2D eigenvalue weighted by atomic mass is 79.9. The van der Waals surface area contributed by atoms with Gasteiger partial charge in [-0.15, -0.1) is 12.4 Å². The lowest BCUT2D eigenvalue weighted by Crippen LogP contribution is -2.51. The van der Waals surface area contributed by atoms with Crippen molar-refractivity contribution in [1.82, 2.24) is 14.7 Å². The van der Waals surface area contributed by atoms with Gasteiger partial charge in [0.25, 0.3) is 5.91 Å². The van der Waals surface area contributed by atoms with Gasteiger partial charge >= 0.3 is 0 Å². The highest BCUT2D eigenvalue weighted by molar-refractivity contribution is 9.10. The van der Waals surface area contributed by atoms with Gasteiger partial charge in [-0.1, -0.05) is 22.0 Å². The summed E-state index contributed by atoms with van der Waals surface area (Å²) in [4.78, 5) is 14.7. The van der Waals surface area contributed by atoms with Gasteiger partial charge in [-0.25, -0.2) is 4.68 Å². The molecule has 0 bridgehead atoms. The summed E-state index contributed by atoms with van der Waals surface area (Å²) < 4.78 is 2.70. The molecule has 130 valence electrons. The van der Waals surface area contributed by atoms with Crippen molar-refractivity contribution < 1.29 is 4.79 Å². The van der Waals surface area contributed by atoms with Gasteiger partial charge in [-0.2, -0.15) is 5.10 Å². The molecule has 5 nitrogen and oxygen atoms in total. The first kappa shape index (κ1) is 19.0. The number of nitrogens with zero attached hydrogens (tertiary/aromatic N) is 3. The Morgan fingerprint density at radius 3 is 2.88 bits per heavy atom. The van der Waals surface area contributed by atoms with E-state index in [0.29, 0.717) is 5.69 Å². The second-order valence-corrected chi connectivity index (χ2v) is 6.96. The molecule has 0 aliphatic carbocycles. The number of piperidine rings is 1. The minimum atomic E-state index is -0.0271. The number of halogens is 2. The van der Waals surface area contributed by atoms with Crippen molar-refractivity contribution in [2.45, 2.75) is 38.3 Å². The van der Waals surface area contributed by atoms with E-state index < -0.39 is 0 Å². The van der Waals surface area contributed by atoms with Crippen molar-refractivity contribution in [2.75, 3.05) is 6.54 Å². The number of carbonyl (C=O) groups is 1. The fourth-order valence-corrected chi connectivity index (χ4v) is 3.49. The lowest BCUT2D eigenvalue weighted by molar-refractivity contribution is 0.0577. The molecule has 1 aromatic heterocycles. The summed E-state index contributed by atoms with van der Waals surface area (Å²) in [5, 5.41) is 4.45. The molecular formula is C17H22BrClN4O. The monoisotopic (exact) mass is 412 g/mol. The van der Waals surface area contributed by atoms with Crippen LogP contribution in [0, 0.1) is 0 Å². The van der Waals surface area contributed by atoms with Crippen molar-refractivity contribution >= 4 is 34.2 Å². The van der Waals surface area contributed by atoms with E-state index in [1.165, 1.54) is 0 Å². The number of rotatable bonds is 3. The summed E-state index contributed by atoms with van der Waals surface area (Å²) in [5.74, 6) is -0.0271. The van der Waals surface area contributed by atoms with E-state index in [2.05, 4.69) is 21.0 Å². The zero-order valence-corrected chi connectivity index (χ0v) is 16.0. The van der Waals surface area contributed by atoms with E-state index in [4.69, 9.17) is 5.73 Å². The topological polar surface area (TPSA) is 64.2 Å². The standard InChI is InChI=1S/C17H21BrN4O.ClH/c1-12(19)16-7-2-3-9-21(16)17(23)15-8-10-22(20-15)14-6-4-5-13(18)11-14;/h4-6,8,10-12,16H,2-3,7,9,19H2,1H3;1H. The van der Waals surface area contributed by atoms with Crippen LogP contribution in [0.25, 0.3) is 5.69 Å². The smallest absolute Gasteiger partial charge is 0.274 e. The molecule has 2 N–H and O–H groups in total. The Hall–Kier alpha value is -1.37. The number of likely N-dealkylation sites (tertiary alicyclic amines) is 1. The molecule has 2 aromatic rings. The average molecular weight is 414 g/mol. The van der Waals surface area contributed by atoms with Crippen LogP contribution in [-0.4, -0.2) is 39.2 Å². The zero-order valence-electron chi connectivity index (χ0n) is 13.6. The van der Waals surface area contributed by atoms with Crippen LogP contribution in [-0.2, 0) is 0 Å². The molecule has 1 amide bonds. The van der Waals surface area contributed by atoms with Crippen molar-refractivity contribution in [1.29, 1.82) is 0 Å². The molecule has 1 aliphatic rings. The van der Waals surface area contributed by atoms with Crippen molar-refractivity contribution in [3.05, 3.63) is 46.7 Å². The first-order valence-corrected chi connectivity index (χ1v) is 8.74. The molecule has 1 saturated heterocycles. The predicted molar refractivity (Wildman–Crippen MR) is 101 cm³/mol. The van der Waals surface area contributed by atoms with Gasteiger partial charge < -0.3 is 10.6 Å². The van der Waals surface area contributed by atoms with Crippen LogP contribution in [0.15, 0.2) is 41.0 Å². The SMILES string of the molecule is CC(N)C1CCCCN1C(=O)c1ccn(-c2cccc(Br)c2)n1.Cl. The molecule has 7 heteroatoms. The number of carbonyl (C=O) groups excluding carboxylic acids is 1. The van der Waals surface area contributed by atoms with E-state index in [0.717, 1.165) is 36.0 Å². The third-order valence-corrected chi connectivity index (χ3v) is 4.79. The summed E-state index contributed by atoms with van der Waals surface area (Å²) >= 11 is 3.45. The number of amides is 1. The molecule has 3 rings (SSSR count). The van der Waals surface area contributed by atoms with E-state index in [-0.39, 0.29) is 30.4 Å². The van der Waals surface area contributed by atoms with Crippen LogP contribution < -0.4 is 5.73 Å². The quantitative estimate of drug-likeness (QED) is 0.839. The van der Waals surface area contributed by atoms with Crippen molar-refractivity contribution in [3.63, 3.8) is 0 Å². The van der Waals surface area contributed by atoms with Crippen LogP contribution in [0.1, 0.15) is 36.7 Å². The van der Waals surface area contributed by atoms with Gasteiger partial charge in [0.15, 0.2) is 5.69 Å². The predicted octanol–water partition coefficient (Wildman–Crippen LogP) is 3.40. The average Bonchev–Trinajstić information content (AvgIpc) is 3.04. The van der Waals surface area contributed by atoms with E-state index in [1.807, 2.05) is 42.3 Å². The molecule has 1 fully saturated rings. The van der Waals surface area contributed by atoms with E-state index in [9.17, 15) is 4.79 Å². The molecular weight excluding hydrogens is 392 g/mol. The Bertz CT molecular complexity index is 703. The first-order chi connectivity index (χ1) is 11.1. The molecule has 0 radical (unpaired) electrons. The van der Waals surface area contributed by atoms with Crippen LogP contribution in [0.4, 0.5) is 0 Å². The van der Waals surface area contributed by atoms with Crippen molar-refractivity contribution in [2.24, 2.45) is 5.73 Å². The van der Waals surface area contributed by atoms with Gasteiger partial charge in [-0.3, -0.25) is 4.79 Å². The molecule has 1 aliphatic heterocycles. The molecule has 2 unspecified atom stereocenters. The third kappa shape index (κ3) is 3.99. The normalized spacial score (nSPS) is 18.8. The van der Waals surface area contributed by atoms with Gasteiger partial charge in [0, 0.05) is 29.3 Å².